The van der Waals surface area contributed by atoms with Crippen molar-refractivity contribution < 1.29 is 19.1 Å². The summed E-state index contributed by atoms with van der Waals surface area (Å²) in [7, 11) is 1.63. The number of hydrogen-bond acceptors (Lipinski definition) is 5. The monoisotopic (exact) mass is 377 g/mol. The second kappa shape index (κ2) is 9.60. The molecule has 7 nitrogen and oxygen atoms in total. The Hall–Kier alpha value is -2.28. The molecular formula is C20H31N3O4. The Morgan fingerprint density at radius 1 is 1.15 bits per heavy atom. The lowest BCUT2D eigenvalue weighted by Gasteiger charge is -2.32. The largest absolute Gasteiger partial charge is 0.497 e. The number of methoxy groups -OCH3 is 1. The maximum Gasteiger partial charge on any atom is 0.407 e. The minimum absolute atomic E-state index is 0.00405. The molecule has 1 aliphatic rings. The zero-order chi connectivity index (χ0) is 19.9. The molecule has 0 aromatic heterocycles. The van der Waals surface area contributed by atoms with E-state index in [0.717, 1.165) is 37.2 Å². The fourth-order valence-electron chi connectivity index (χ4n) is 2.91. The average Bonchev–Trinajstić information content (AvgIpc) is 2.60. The first-order chi connectivity index (χ1) is 12.7. The molecule has 0 spiro atoms. The SMILES string of the molecule is COc1ccc(CNC(=O)CN2CCC(NC(=O)OC(C)(C)C)CC2)cc1. The maximum atomic E-state index is 12.2. The number of hydrogen-bond donors (Lipinski definition) is 2. The number of piperidine rings is 1. The van der Waals surface area contributed by atoms with Gasteiger partial charge in [-0.05, 0) is 51.3 Å². The van der Waals surface area contributed by atoms with Crippen LogP contribution in [0.15, 0.2) is 24.3 Å². The molecule has 1 saturated heterocycles. The molecule has 27 heavy (non-hydrogen) atoms. The molecule has 0 saturated carbocycles. The van der Waals surface area contributed by atoms with E-state index in [9.17, 15) is 9.59 Å². The summed E-state index contributed by atoms with van der Waals surface area (Å²) >= 11 is 0. The molecule has 0 unspecified atom stereocenters. The van der Waals surface area contributed by atoms with Crippen molar-refractivity contribution in [1.29, 1.82) is 0 Å². The predicted molar refractivity (Wildman–Crippen MR) is 104 cm³/mol. The van der Waals surface area contributed by atoms with E-state index in [1.807, 2.05) is 45.0 Å². The van der Waals surface area contributed by atoms with Gasteiger partial charge in [-0.2, -0.15) is 0 Å². The van der Waals surface area contributed by atoms with Crippen molar-refractivity contribution in [1.82, 2.24) is 15.5 Å². The third-order valence-electron chi connectivity index (χ3n) is 4.32. The van der Waals surface area contributed by atoms with E-state index in [4.69, 9.17) is 9.47 Å². The number of nitrogens with zero attached hydrogens (tertiary/aromatic N) is 1. The molecule has 1 aromatic rings. The molecule has 2 N–H and O–H groups in total. The van der Waals surface area contributed by atoms with Crippen molar-refractivity contribution in [2.75, 3.05) is 26.7 Å². The molecule has 2 rings (SSSR count). The molecule has 0 aliphatic carbocycles. The highest BCUT2D eigenvalue weighted by molar-refractivity contribution is 5.78. The lowest BCUT2D eigenvalue weighted by molar-refractivity contribution is -0.122. The fraction of sp³-hybridized carbons (Fsp3) is 0.600. The summed E-state index contributed by atoms with van der Waals surface area (Å²) in [5, 5.41) is 5.85. The predicted octanol–water partition coefficient (Wildman–Crippen LogP) is 2.30. The zero-order valence-corrected chi connectivity index (χ0v) is 16.7. The van der Waals surface area contributed by atoms with Gasteiger partial charge in [0.05, 0.1) is 13.7 Å². The molecule has 0 atom stereocenters. The number of ether oxygens (including phenoxy) is 2. The third-order valence-corrected chi connectivity index (χ3v) is 4.32. The molecule has 7 heteroatoms. The van der Waals surface area contributed by atoms with Gasteiger partial charge in [-0.15, -0.1) is 0 Å². The Morgan fingerprint density at radius 2 is 1.78 bits per heavy atom. The first-order valence-electron chi connectivity index (χ1n) is 9.36. The van der Waals surface area contributed by atoms with Crippen LogP contribution in [0.4, 0.5) is 4.79 Å². The van der Waals surface area contributed by atoms with Crippen molar-refractivity contribution in [2.45, 2.75) is 51.8 Å². The van der Waals surface area contributed by atoms with Gasteiger partial charge in [0, 0.05) is 25.7 Å². The van der Waals surface area contributed by atoms with E-state index >= 15 is 0 Å². The van der Waals surface area contributed by atoms with Gasteiger partial charge >= 0.3 is 6.09 Å². The molecule has 1 aromatic carbocycles. The topological polar surface area (TPSA) is 79.9 Å². The average molecular weight is 377 g/mol. The van der Waals surface area contributed by atoms with Crippen LogP contribution < -0.4 is 15.4 Å². The van der Waals surface area contributed by atoms with Gasteiger partial charge in [0.1, 0.15) is 11.4 Å². The summed E-state index contributed by atoms with van der Waals surface area (Å²) in [6.45, 7) is 7.96. The van der Waals surface area contributed by atoms with Gasteiger partial charge in [-0.1, -0.05) is 12.1 Å². The molecular weight excluding hydrogens is 346 g/mol. The van der Waals surface area contributed by atoms with E-state index in [0.29, 0.717) is 13.1 Å². The van der Waals surface area contributed by atoms with Gasteiger partial charge in [-0.3, -0.25) is 9.69 Å². The van der Waals surface area contributed by atoms with Crippen molar-refractivity contribution in [3.63, 3.8) is 0 Å². The summed E-state index contributed by atoms with van der Waals surface area (Å²) in [5.74, 6) is 0.803. The summed E-state index contributed by atoms with van der Waals surface area (Å²) in [5.41, 5.74) is 0.539. The lowest BCUT2D eigenvalue weighted by atomic mass is 10.1. The van der Waals surface area contributed by atoms with Crippen LogP contribution in [-0.4, -0.2) is 55.3 Å². The van der Waals surface area contributed by atoms with E-state index in [-0.39, 0.29) is 18.0 Å². The van der Waals surface area contributed by atoms with Crippen LogP contribution in [0.1, 0.15) is 39.2 Å². The van der Waals surface area contributed by atoms with Crippen molar-refractivity contribution in [2.24, 2.45) is 0 Å². The second-order valence-electron chi connectivity index (χ2n) is 7.82. The Morgan fingerprint density at radius 3 is 2.33 bits per heavy atom. The Balaban J connectivity index is 1.65. The normalized spacial score (nSPS) is 15.9. The molecule has 150 valence electrons. The van der Waals surface area contributed by atoms with E-state index in [2.05, 4.69) is 15.5 Å². The van der Waals surface area contributed by atoms with E-state index in [1.54, 1.807) is 7.11 Å². The van der Waals surface area contributed by atoms with Crippen LogP contribution in [0.25, 0.3) is 0 Å². The Kier molecular flexibility index (Phi) is 7.47. The number of carbonyl (C=O) groups is 2. The molecule has 0 radical (unpaired) electrons. The maximum absolute atomic E-state index is 12.2. The highest BCUT2D eigenvalue weighted by Gasteiger charge is 2.24. The smallest absolute Gasteiger partial charge is 0.407 e. The number of alkyl carbamates (subject to hydrolysis) is 1. The van der Waals surface area contributed by atoms with Crippen molar-refractivity contribution in [3.05, 3.63) is 29.8 Å². The van der Waals surface area contributed by atoms with Gasteiger partial charge in [0.15, 0.2) is 0 Å². The standard InChI is InChI=1S/C20H31N3O4/c1-20(2,3)27-19(25)22-16-9-11-23(12-10-16)14-18(24)21-13-15-5-7-17(26-4)8-6-15/h5-8,16H,9-14H2,1-4H3,(H,21,24)(H,22,25). The van der Waals surface area contributed by atoms with Crippen molar-refractivity contribution in [3.8, 4) is 5.75 Å². The van der Waals surface area contributed by atoms with Gasteiger partial charge in [0.2, 0.25) is 5.91 Å². The Bertz CT molecular complexity index is 617. The van der Waals surface area contributed by atoms with Crippen LogP contribution in [-0.2, 0) is 16.1 Å². The number of rotatable bonds is 6. The van der Waals surface area contributed by atoms with Gasteiger partial charge in [-0.25, -0.2) is 4.79 Å². The summed E-state index contributed by atoms with van der Waals surface area (Å²) in [4.78, 5) is 26.1. The summed E-state index contributed by atoms with van der Waals surface area (Å²) in [6, 6.07) is 7.73. The molecule has 1 fully saturated rings. The van der Waals surface area contributed by atoms with E-state index in [1.165, 1.54) is 0 Å². The molecule has 1 heterocycles. The number of amides is 2. The number of benzene rings is 1. The lowest BCUT2D eigenvalue weighted by Crippen LogP contribution is -2.48. The van der Waals surface area contributed by atoms with E-state index < -0.39 is 5.60 Å². The van der Waals surface area contributed by atoms with Gasteiger partial charge < -0.3 is 20.1 Å². The minimum Gasteiger partial charge on any atom is -0.497 e. The van der Waals surface area contributed by atoms with Crippen LogP contribution in [0.3, 0.4) is 0 Å². The summed E-state index contributed by atoms with van der Waals surface area (Å²) < 4.78 is 10.4. The molecule has 2 amide bonds. The highest BCUT2D eigenvalue weighted by Crippen LogP contribution is 2.13. The molecule has 0 bridgehead atoms. The third kappa shape index (κ3) is 7.86. The summed E-state index contributed by atoms with van der Waals surface area (Å²) in [6.07, 6.45) is 1.24. The zero-order valence-electron chi connectivity index (χ0n) is 16.7. The van der Waals surface area contributed by atoms with Crippen molar-refractivity contribution >= 4 is 12.0 Å². The number of nitrogens with one attached hydrogen (secondary N) is 2. The first-order valence-corrected chi connectivity index (χ1v) is 9.36. The van der Waals surface area contributed by atoms with Gasteiger partial charge in [0.25, 0.3) is 0 Å². The quantitative estimate of drug-likeness (QED) is 0.795. The van der Waals surface area contributed by atoms with Crippen LogP contribution in [0, 0.1) is 0 Å². The van der Waals surface area contributed by atoms with Crippen LogP contribution in [0.5, 0.6) is 5.75 Å². The minimum atomic E-state index is -0.493. The number of carbonyl (C=O) groups excluding carboxylic acids is 2. The number of likely N-dealkylation sites (tertiary alicyclic amines) is 1. The Labute approximate surface area is 161 Å². The van der Waals surface area contributed by atoms with Crippen LogP contribution >= 0.6 is 0 Å². The highest BCUT2D eigenvalue weighted by atomic mass is 16.6. The fourth-order valence-corrected chi connectivity index (χ4v) is 2.91. The second-order valence-corrected chi connectivity index (χ2v) is 7.82. The molecule has 1 aliphatic heterocycles. The first kappa shape index (κ1) is 21.0. The van der Waals surface area contributed by atoms with Crippen LogP contribution in [0.2, 0.25) is 0 Å².